The highest BCUT2D eigenvalue weighted by Gasteiger charge is 2.30. The van der Waals surface area contributed by atoms with Gasteiger partial charge in [0.05, 0.1) is 4.90 Å². The number of ketones is 1. The molecule has 0 spiro atoms. The zero-order chi connectivity index (χ0) is 21.9. The minimum absolute atomic E-state index is 0.0534. The van der Waals surface area contributed by atoms with Gasteiger partial charge in [0.25, 0.3) is 0 Å². The fourth-order valence-corrected chi connectivity index (χ4v) is 5.41. The van der Waals surface area contributed by atoms with Crippen LogP contribution in [0.25, 0.3) is 0 Å². The van der Waals surface area contributed by atoms with Crippen LogP contribution in [0.3, 0.4) is 0 Å². The van der Waals surface area contributed by atoms with Crippen LogP contribution in [0, 0.1) is 13.8 Å². The smallest absolute Gasteiger partial charge is 0.243 e. The zero-order valence-corrected chi connectivity index (χ0v) is 19.5. The molecule has 0 radical (unpaired) electrons. The van der Waals surface area contributed by atoms with Gasteiger partial charge >= 0.3 is 0 Å². The third-order valence-corrected chi connectivity index (χ3v) is 7.81. The predicted octanol–water partition coefficient (Wildman–Crippen LogP) is 3.56. The lowest BCUT2D eigenvalue weighted by Crippen LogP contribution is -2.50. The Labute approximate surface area is 186 Å². The number of hydrogen-bond donors (Lipinski definition) is 0. The number of hydrogen-bond acceptors (Lipinski definition) is 4. The van der Waals surface area contributed by atoms with Gasteiger partial charge in [-0.1, -0.05) is 34.1 Å². The van der Waals surface area contributed by atoms with E-state index in [1.165, 1.54) is 4.31 Å². The molecular formula is C22H25BrN2O4S. The van der Waals surface area contributed by atoms with Crippen molar-refractivity contribution in [3.8, 4) is 0 Å². The molecule has 1 amide bonds. The van der Waals surface area contributed by atoms with Gasteiger partial charge in [-0.2, -0.15) is 4.31 Å². The standard InChI is InChI=1S/C22H25BrN2O4S/c1-16-6-7-18(14-17(16)2)21(26)8-9-22(27)24-10-12-25(13-11-24)30(28,29)20-5-3-4-19(23)15-20/h3-7,14-15H,8-13H2,1-2H3. The normalized spacial score (nSPS) is 15.2. The first-order chi connectivity index (χ1) is 14.2. The van der Waals surface area contributed by atoms with Crippen LogP contribution < -0.4 is 0 Å². The Morgan fingerprint density at radius 2 is 1.63 bits per heavy atom. The molecule has 1 heterocycles. The highest BCUT2D eigenvalue weighted by Crippen LogP contribution is 2.21. The summed E-state index contributed by atoms with van der Waals surface area (Å²) in [6.07, 6.45) is 0.280. The number of carbonyl (C=O) groups is 2. The molecule has 8 heteroatoms. The van der Waals surface area contributed by atoms with Crippen LogP contribution in [0.1, 0.15) is 34.3 Å². The van der Waals surface area contributed by atoms with Crippen LogP contribution in [-0.2, 0) is 14.8 Å². The molecule has 2 aromatic rings. The maximum absolute atomic E-state index is 12.8. The lowest BCUT2D eigenvalue weighted by molar-refractivity contribution is -0.132. The largest absolute Gasteiger partial charge is 0.340 e. The second kappa shape index (κ2) is 9.41. The number of carbonyl (C=O) groups excluding carboxylic acids is 2. The fraction of sp³-hybridized carbons (Fsp3) is 0.364. The summed E-state index contributed by atoms with van der Waals surface area (Å²) in [5.41, 5.74) is 2.80. The maximum atomic E-state index is 12.8. The van der Waals surface area contributed by atoms with E-state index in [9.17, 15) is 18.0 Å². The van der Waals surface area contributed by atoms with Crippen LogP contribution in [0.15, 0.2) is 51.8 Å². The number of nitrogens with zero attached hydrogens (tertiary/aromatic N) is 2. The lowest BCUT2D eigenvalue weighted by Gasteiger charge is -2.34. The van der Waals surface area contributed by atoms with Crippen molar-refractivity contribution in [2.75, 3.05) is 26.2 Å². The first kappa shape index (κ1) is 22.7. The molecule has 160 valence electrons. The molecule has 1 aliphatic heterocycles. The van der Waals surface area contributed by atoms with Crippen LogP contribution >= 0.6 is 15.9 Å². The van der Waals surface area contributed by atoms with E-state index < -0.39 is 10.0 Å². The van der Waals surface area contributed by atoms with Crippen molar-refractivity contribution in [1.82, 2.24) is 9.21 Å². The van der Waals surface area contributed by atoms with Gasteiger partial charge in [0.15, 0.2) is 5.78 Å². The Bertz CT molecular complexity index is 1060. The Balaban J connectivity index is 1.54. The van der Waals surface area contributed by atoms with Crippen LogP contribution in [0.5, 0.6) is 0 Å². The number of rotatable bonds is 6. The van der Waals surface area contributed by atoms with E-state index in [0.29, 0.717) is 23.1 Å². The van der Waals surface area contributed by atoms with E-state index in [2.05, 4.69) is 15.9 Å². The summed E-state index contributed by atoms with van der Waals surface area (Å²) < 4.78 is 27.7. The molecule has 30 heavy (non-hydrogen) atoms. The summed E-state index contributed by atoms with van der Waals surface area (Å²) in [6.45, 7) is 5.08. The molecule has 0 aliphatic carbocycles. The van der Waals surface area contributed by atoms with Crippen molar-refractivity contribution in [3.05, 3.63) is 63.6 Å². The highest BCUT2D eigenvalue weighted by atomic mass is 79.9. The quantitative estimate of drug-likeness (QED) is 0.577. The highest BCUT2D eigenvalue weighted by molar-refractivity contribution is 9.10. The van der Waals surface area contributed by atoms with E-state index in [4.69, 9.17) is 0 Å². The van der Waals surface area contributed by atoms with Crippen molar-refractivity contribution in [2.24, 2.45) is 0 Å². The van der Waals surface area contributed by atoms with E-state index >= 15 is 0 Å². The molecule has 3 rings (SSSR count). The summed E-state index contributed by atoms with van der Waals surface area (Å²) in [5.74, 6) is -0.172. The number of halogens is 1. The Kier molecular flexibility index (Phi) is 7.10. The Morgan fingerprint density at radius 1 is 0.933 bits per heavy atom. The molecule has 0 bridgehead atoms. The van der Waals surface area contributed by atoms with Crippen molar-refractivity contribution >= 4 is 37.6 Å². The first-order valence-electron chi connectivity index (χ1n) is 9.82. The summed E-state index contributed by atoms with van der Waals surface area (Å²) in [4.78, 5) is 26.8. The number of Topliss-reactive ketones (excluding diaryl/α,β-unsaturated/α-hetero) is 1. The minimum atomic E-state index is -3.59. The molecule has 1 fully saturated rings. The number of aryl methyl sites for hydroxylation is 2. The summed E-state index contributed by atoms with van der Waals surface area (Å²) >= 11 is 3.30. The van der Waals surface area contributed by atoms with Crippen molar-refractivity contribution in [1.29, 1.82) is 0 Å². The molecule has 0 atom stereocenters. The average molecular weight is 493 g/mol. The van der Waals surface area contributed by atoms with E-state index in [0.717, 1.165) is 11.1 Å². The number of piperazine rings is 1. The van der Waals surface area contributed by atoms with Gasteiger partial charge in [-0.05, 0) is 49.2 Å². The fourth-order valence-electron chi connectivity index (χ4n) is 3.39. The zero-order valence-electron chi connectivity index (χ0n) is 17.1. The van der Waals surface area contributed by atoms with E-state index in [1.54, 1.807) is 35.2 Å². The summed E-state index contributed by atoms with van der Waals surface area (Å²) in [5, 5.41) is 0. The monoisotopic (exact) mass is 492 g/mol. The average Bonchev–Trinajstić information content (AvgIpc) is 2.73. The van der Waals surface area contributed by atoms with Gasteiger partial charge in [-0.15, -0.1) is 0 Å². The molecule has 2 aromatic carbocycles. The second-order valence-electron chi connectivity index (χ2n) is 7.46. The molecule has 6 nitrogen and oxygen atoms in total. The predicted molar refractivity (Wildman–Crippen MR) is 119 cm³/mol. The SMILES string of the molecule is Cc1ccc(C(=O)CCC(=O)N2CCN(S(=O)(=O)c3cccc(Br)c3)CC2)cc1C. The van der Waals surface area contributed by atoms with Crippen molar-refractivity contribution < 1.29 is 18.0 Å². The third kappa shape index (κ3) is 5.17. The minimum Gasteiger partial charge on any atom is -0.340 e. The topological polar surface area (TPSA) is 74.8 Å². The number of benzene rings is 2. The number of amides is 1. The van der Waals surface area contributed by atoms with Gasteiger partial charge in [-0.25, -0.2) is 8.42 Å². The van der Waals surface area contributed by atoms with Gasteiger partial charge in [0.2, 0.25) is 15.9 Å². The molecule has 0 N–H and O–H groups in total. The second-order valence-corrected chi connectivity index (χ2v) is 10.3. The molecule has 1 saturated heterocycles. The van der Waals surface area contributed by atoms with Crippen molar-refractivity contribution in [2.45, 2.75) is 31.6 Å². The van der Waals surface area contributed by atoms with E-state index in [1.807, 2.05) is 26.0 Å². The summed E-state index contributed by atoms with van der Waals surface area (Å²) in [6, 6.07) is 12.2. The maximum Gasteiger partial charge on any atom is 0.243 e. The number of sulfonamides is 1. The molecule has 0 unspecified atom stereocenters. The molecule has 0 aromatic heterocycles. The van der Waals surface area contributed by atoms with Crippen molar-refractivity contribution in [3.63, 3.8) is 0 Å². The Hall–Kier alpha value is -2.03. The van der Waals surface area contributed by atoms with Crippen LogP contribution in [0.4, 0.5) is 0 Å². The third-order valence-electron chi connectivity index (χ3n) is 5.42. The van der Waals surface area contributed by atoms with Gasteiger partial charge < -0.3 is 4.90 Å². The molecular weight excluding hydrogens is 468 g/mol. The first-order valence-corrected chi connectivity index (χ1v) is 12.1. The van der Waals surface area contributed by atoms with Crippen LogP contribution in [-0.4, -0.2) is 55.5 Å². The van der Waals surface area contributed by atoms with Crippen LogP contribution in [0.2, 0.25) is 0 Å². The van der Waals surface area contributed by atoms with Gasteiger partial charge in [0.1, 0.15) is 0 Å². The van der Waals surface area contributed by atoms with E-state index in [-0.39, 0.29) is 42.5 Å². The van der Waals surface area contributed by atoms with Gasteiger partial charge in [-0.3, -0.25) is 9.59 Å². The Morgan fingerprint density at radius 3 is 2.27 bits per heavy atom. The molecule has 0 saturated carbocycles. The summed E-state index contributed by atoms with van der Waals surface area (Å²) in [7, 11) is -3.59. The lowest BCUT2D eigenvalue weighted by atomic mass is 10.0. The molecule has 1 aliphatic rings. The van der Waals surface area contributed by atoms with Gasteiger partial charge in [0, 0.05) is 49.1 Å².